The Morgan fingerprint density at radius 3 is 2.84 bits per heavy atom. The summed E-state index contributed by atoms with van der Waals surface area (Å²) in [6, 6.07) is 16.2. The molecule has 1 saturated heterocycles. The van der Waals surface area contributed by atoms with Gasteiger partial charge in [-0.3, -0.25) is 9.78 Å². The minimum absolute atomic E-state index is 0.188. The number of fused-ring (bicyclic) bond motifs is 1. The first kappa shape index (κ1) is 25.7. The molecular weight excluding hydrogens is 510 g/mol. The van der Waals surface area contributed by atoms with Gasteiger partial charge in [0.15, 0.2) is 0 Å². The maximum absolute atomic E-state index is 12.1. The Morgan fingerprint density at radius 2 is 2.03 bits per heavy atom. The van der Waals surface area contributed by atoms with Gasteiger partial charge in [0.1, 0.15) is 43.5 Å². The number of pyridine rings is 1. The fourth-order valence-corrected chi connectivity index (χ4v) is 4.39. The van der Waals surface area contributed by atoms with Crippen LogP contribution in [-0.4, -0.2) is 69.9 Å². The molecule has 5 rings (SSSR count). The molecule has 3 heterocycles. The molecule has 196 valence electrons. The number of anilines is 2. The number of aliphatic hydroxyl groups excluding tert-OH is 1. The first-order chi connectivity index (χ1) is 18.6. The molecule has 0 bridgehead atoms. The second-order valence-corrected chi connectivity index (χ2v) is 8.94. The van der Waals surface area contributed by atoms with E-state index in [9.17, 15) is 9.90 Å². The molecule has 4 aromatic rings. The van der Waals surface area contributed by atoms with Crippen LogP contribution in [0.25, 0.3) is 10.9 Å². The third-order valence-electron chi connectivity index (χ3n) is 6.04. The van der Waals surface area contributed by atoms with Crippen LogP contribution in [0, 0.1) is 0 Å². The molecule has 1 aliphatic rings. The van der Waals surface area contributed by atoms with Crippen molar-refractivity contribution < 1.29 is 24.1 Å². The second kappa shape index (κ2) is 12.0. The largest absolute Gasteiger partial charge is 0.490 e. The van der Waals surface area contributed by atoms with Crippen LogP contribution in [0.2, 0.25) is 5.02 Å². The van der Waals surface area contributed by atoms with Crippen molar-refractivity contribution in [3.8, 4) is 11.5 Å². The summed E-state index contributed by atoms with van der Waals surface area (Å²) in [7, 11) is 0. The van der Waals surface area contributed by atoms with E-state index in [4.69, 9.17) is 25.8 Å². The Morgan fingerprint density at radius 1 is 1.11 bits per heavy atom. The lowest BCUT2D eigenvalue weighted by Crippen LogP contribution is -2.52. The topological polar surface area (TPSA) is 119 Å². The third kappa shape index (κ3) is 5.94. The quantitative estimate of drug-likeness (QED) is 0.331. The lowest BCUT2D eigenvalue weighted by atomic mass is 10.2. The summed E-state index contributed by atoms with van der Waals surface area (Å²) < 4.78 is 17.5. The van der Waals surface area contributed by atoms with E-state index in [0.29, 0.717) is 65.3 Å². The molecule has 0 radical (unpaired) electrons. The van der Waals surface area contributed by atoms with Crippen LogP contribution in [-0.2, 0) is 16.1 Å². The fourth-order valence-electron chi connectivity index (χ4n) is 4.16. The minimum atomic E-state index is -0.553. The number of ether oxygens (including phenoxy) is 3. The van der Waals surface area contributed by atoms with Gasteiger partial charge in [0, 0.05) is 18.4 Å². The normalized spacial score (nSPS) is 15.3. The molecule has 2 aromatic carbocycles. The van der Waals surface area contributed by atoms with E-state index >= 15 is 0 Å². The number of nitrogens with zero attached hydrogens (tertiary/aromatic N) is 4. The SMILES string of the molecule is O=C(CO)N1CCOCC1COc1cccc2ncnc(Nc3ccc(OCc4ccccn4)c(Cl)c3)c12. The van der Waals surface area contributed by atoms with E-state index in [1.54, 1.807) is 23.2 Å². The summed E-state index contributed by atoms with van der Waals surface area (Å²) in [5, 5.41) is 13.7. The number of nitrogens with one attached hydrogen (secondary N) is 1. The van der Waals surface area contributed by atoms with Crippen molar-refractivity contribution in [2.75, 3.05) is 38.3 Å². The van der Waals surface area contributed by atoms with Gasteiger partial charge >= 0.3 is 0 Å². The lowest BCUT2D eigenvalue weighted by Gasteiger charge is -2.35. The van der Waals surface area contributed by atoms with Crippen molar-refractivity contribution in [1.29, 1.82) is 0 Å². The number of aliphatic hydroxyl groups is 1. The molecule has 2 N–H and O–H groups in total. The lowest BCUT2D eigenvalue weighted by molar-refractivity contribution is -0.144. The first-order valence-corrected chi connectivity index (χ1v) is 12.4. The number of halogens is 1. The number of benzene rings is 2. The Kier molecular flexibility index (Phi) is 8.12. The number of hydrogen-bond donors (Lipinski definition) is 2. The molecular formula is C27H26ClN5O5. The van der Waals surface area contributed by atoms with Crippen LogP contribution in [0.5, 0.6) is 11.5 Å². The molecule has 2 aromatic heterocycles. The van der Waals surface area contributed by atoms with Crippen molar-refractivity contribution in [3.05, 3.63) is 77.8 Å². The molecule has 1 amide bonds. The molecule has 1 aliphatic heterocycles. The molecule has 0 saturated carbocycles. The monoisotopic (exact) mass is 535 g/mol. The average molecular weight is 536 g/mol. The van der Waals surface area contributed by atoms with Crippen LogP contribution in [0.4, 0.5) is 11.5 Å². The molecule has 1 unspecified atom stereocenters. The number of hydrogen-bond acceptors (Lipinski definition) is 9. The summed E-state index contributed by atoms with van der Waals surface area (Å²) in [4.78, 5) is 26.8. The van der Waals surface area contributed by atoms with Gasteiger partial charge in [-0.2, -0.15) is 0 Å². The van der Waals surface area contributed by atoms with E-state index in [2.05, 4.69) is 20.3 Å². The standard InChI is InChI=1S/C27H26ClN5O5/c28-21-12-18(7-8-23(21)37-14-19-4-1-2-9-29-19)32-27-26-22(30-17-31-27)5-3-6-24(26)38-16-20-15-36-11-10-33(20)25(35)13-34/h1-9,12,17,20,34H,10-11,13-16H2,(H,30,31,32). The highest BCUT2D eigenvalue weighted by atomic mass is 35.5. The smallest absolute Gasteiger partial charge is 0.248 e. The molecule has 0 aliphatic carbocycles. The van der Waals surface area contributed by atoms with Gasteiger partial charge in [-0.15, -0.1) is 0 Å². The van der Waals surface area contributed by atoms with Gasteiger partial charge in [-0.05, 0) is 42.5 Å². The Labute approximate surface area is 224 Å². The van der Waals surface area contributed by atoms with Crippen molar-refractivity contribution in [1.82, 2.24) is 19.9 Å². The van der Waals surface area contributed by atoms with Crippen molar-refractivity contribution >= 4 is 39.9 Å². The van der Waals surface area contributed by atoms with Gasteiger partial charge in [0.2, 0.25) is 5.91 Å². The van der Waals surface area contributed by atoms with E-state index < -0.39 is 6.61 Å². The maximum Gasteiger partial charge on any atom is 0.248 e. The number of carbonyl (C=O) groups excluding carboxylic acids is 1. The van der Waals surface area contributed by atoms with Crippen molar-refractivity contribution in [2.45, 2.75) is 12.6 Å². The maximum atomic E-state index is 12.1. The van der Waals surface area contributed by atoms with Crippen molar-refractivity contribution in [3.63, 3.8) is 0 Å². The summed E-state index contributed by atoms with van der Waals surface area (Å²) in [6.07, 6.45) is 3.18. The predicted molar refractivity (Wildman–Crippen MR) is 142 cm³/mol. The number of rotatable bonds is 9. The summed E-state index contributed by atoms with van der Waals surface area (Å²) in [6.45, 7) is 1.09. The van der Waals surface area contributed by atoms with Crippen LogP contribution in [0.1, 0.15) is 5.69 Å². The number of aromatic nitrogens is 3. The Bertz CT molecular complexity index is 1400. The van der Waals surface area contributed by atoms with Gasteiger partial charge < -0.3 is 29.5 Å². The zero-order valence-corrected chi connectivity index (χ0v) is 21.2. The zero-order chi connectivity index (χ0) is 26.3. The van der Waals surface area contributed by atoms with Crippen molar-refractivity contribution in [2.24, 2.45) is 0 Å². The van der Waals surface area contributed by atoms with Crippen LogP contribution < -0.4 is 14.8 Å². The zero-order valence-electron chi connectivity index (χ0n) is 20.4. The van der Waals surface area contributed by atoms with E-state index in [-0.39, 0.29) is 18.6 Å². The highest BCUT2D eigenvalue weighted by Crippen LogP contribution is 2.34. The van der Waals surface area contributed by atoms with E-state index in [0.717, 1.165) is 5.69 Å². The Balaban J connectivity index is 1.33. The first-order valence-electron chi connectivity index (χ1n) is 12.1. The van der Waals surface area contributed by atoms with E-state index in [1.165, 1.54) is 6.33 Å². The second-order valence-electron chi connectivity index (χ2n) is 8.54. The van der Waals surface area contributed by atoms with Gasteiger partial charge in [-0.1, -0.05) is 23.7 Å². The number of morpholine rings is 1. The predicted octanol–water partition coefficient (Wildman–Crippen LogP) is 3.60. The average Bonchev–Trinajstić information content (AvgIpc) is 2.96. The molecule has 1 fully saturated rings. The van der Waals surface area contributed by atoms with Crippen LogP contribution in [0.3, 0.4) is 0 Å². The molecule has 38 heavy (non-hydrogen) atoms. The number of amides is 1. The summed E-state index contributed by atoms with van der Waals surface area (Å²) in [5.41, 5.74) is 2.19. The highest BCUT2D eigenvalue weighted by Gasteiger charge is 2.27. The highest BCUT2D eigenvalue weighted by molar-refractivity contribution is 6.32. The summed E-state index contributed by atoms with van der Waals surface area (Å²) in [5.74, 6) is 1.27. The van der Waals surface area contributed by atoms with Gasteiger partial charge in [0.25, 0.3) is 0 Å². The van der Waals surface area contributed by atoms with Gasteiger partial charge in [-0.25, -0.2) is 9.97 Å². The molecule has 11 heteroatoms. The van der Waals surface area contributed by atoms with Crippen LogP contribution >= 0.6 is 11.6 Å². The van der Waals surface area contributed by atoms with Crippen LogP contribution in [0.15, 0.2) is 67.1 Å². The molecule has 10 nitrogen and oxygen atoms in total. The third-order valence-corrected chi connectivity index (χ3v) is 6.33. The number of carbonyl (C=O) groups is 1. The Hall–Kier alpha value is -3.99. The molecule has 1 atom stereocenters. The minimum Gasteiger partial charge on any atom is -0.490 e. The van der Waals surface area contributed by atoms with Gasteiger partial charge in [0.05, 0.1) is 40.9 Å². The van der Waals surface area contributed by atoms with E-state index in [1.807, 2.05) is 42.5 Å². The fraction of sp³-hybridized carbons (Fsp3) is 0.259. The molecule has 0 spiro atoms. The summed E-state index contributed by atoms with van der Waals surface area (Å²) >= 11 is 6.49.